The highest BCUT2D eigenvalue weighted by molar-refractivity contribution is 5.22. The minimum atomic E-state index is 0.0385. The maximum absolute atomic E-state index is 5.85. The number of hydrogen-bond acceptors (Lipinski definition) is 5. The third kappa shape index (κ3) is 3.04. The van der Waals surface area contributed by atoms with Gasteiger partial charge in [-0.25, -0.2) is 4.98 Å². The first kappa shape index (κ1) is 14.7. The van der Waals surface area contributed by atoms with Gasteiger partial charge in [-0.3, -0.25) is 16.3 Å². The number of nitrogens with zero attached hydrogens (tertiary/aromatic N) is 2. The Morgan fingerprint density at radius 3 is 2.67 bits per heavy atom. The van der Waals surface area contributed by atoms with Gasteiger partial charge in [0.05, 0.1) is 13.2 Å². The van der Waals surface area contributed by atoms with Crippen molar-refractivity contribution in [1.29, 1.82) is 0 Å². The van der Waals surface area contributed by atoms with Crippen LogP contribution >= 0.6 is 0 Å². The van der Waals surface area contributed by atoms with Gasteiger partial charge in [-0.05, 0) is 37.0 Å². The molecule has 0 saturated heterocycles. The molecule has 4 atom stereocenters. The minimum Gasteiger partial charge on any atom is -0.480 e. The van der Waals surface area contributed by atoms with E-state index in [1.54, 1.807) is 19.5 Å². The van der Waals surface area contributed by atoms with Gasteiger partial charge in [0.25, 0.3) is 0 Å². The van der Waals surface area contributed by atoms with Crippen molar-refractivity contribution >= 4 is 0 Å². The minimum absolute atomic E-state index is 0.0385. The van der Waals surface area contributed by atoms with Gasteiger partial charge in [0, 0.05) is 12.4 Å². The first-order valence-electron chi connectivity index (χ1n) is 8.14. The van der Waals surface area contributed by atoms with Crippen molar-refractivity contribution in [3.63, 3.8) is 0 Å². The summed E-state index contributed by atoms with van der Waals surface area (Å²) in [5.74, 6) is 8.78. The lowest BCUT2D eigenvalue weighted by molar-refractivity contribution is 0.107. The van der Waals surface area contributed by atoms with Crippen LogP contribution in [0.3, 0.4) is 0 Å². The fourth-order valence-corrected chi connectivity index (χ4v) is 4.36. The fraction of sp³-hybridized carbons (Fsp3) is 0.750. The first-order valence-corrected chi connectivity index (χ1v) is 8.14. The number of ether oxygens (including phenoxy) is 1. The molecule has 0 aliphatic heterocycles. The molecule has 1 aromatic rings. The summed E-state index contributed by atoms with van der Waals surface area (Å²) >= 11 is 0. The van der Waals surface area contributed by atoms with Crippen LogP contribution in [0.25, 0.3) is 0 Å². The van der Waals surface area contributed by atoms with Crippen LogP contribution in [0.5, 0.6) is 5.88 Å². The molecule has 4 unspecified atom stereocenters. The summed E-state index contributed by atoms with van der Waals surface area (Å²) in [6, 6.07) is 0.0385. The zero-order valence-electron chi connectivity index (χ0n) is 12.8. The molecule has 2 fully saturated rings. The van der Waals surface area contributed by atoms with Gasteiger partial charge < -0.3 is 4.74 Å². The van der Waals surface area contributed by atoms with Crippen molar-refractivity contribution in [2.24, 2.45) is 23.6 Å². The van der Waals surface area contributed by atoms with E-state index in [2.05, 4.69) is 15.4 Å². The molecule has 3 N–H and O–H groups in total. The number of aromatic nitrogens is 2. The van der Waals surface area contributed by atoms with E-state index in [0.717, 1.165) is 17.5 Å². The molecule has 0 bridgehead atoms. The summed E-state index contributed by atoms with van der Waals surface area (Å²) in [7, 11) is 1.64. The topological polar surface area (TPSA) is 73.1 Å². The zero-order valence-corrected chi connectivity index (χ0v) is 12.8. The van der Waals surface area contributed by atoms with Gasteiger partial charge in [-0.2, -0.15) is 0 Å². The molecule has 1 heterocycles. The van der Waals surface area contributed by atoms with Crippen LogP contribution in [0.1, 0.15) is 56.7 Å². The SMILES string of the molecule is COc1nccnc1C(NN)C1CCC2CCCCC2C1. The zero-order chi connectivity index (χ0) is 14.7. The molecule has 2 aliphatic rings. The van der Waals surface area contributed by atoms with Crippen LogP contribution in [0.4, 0.5) is 0 Å². The second-order valence-electron chi connectivity index (χ2n) is 6.47. The molecule has 2 saturated carbocycles. The van der Waals surface area contributed by atoms with Gasteiger partial charge in [0.15, 0.2) is 0 Å². The van der Waals surface area contributed by atoms with E-state index < -0.39 is 0 Å². The molecule has 5 nitrogen and oxygen atoms in total. The number of hydrogen-bond donors (Lipinski definition) is 2. The number of hydrazine groups is 1. The average Bonchev–Trinajstić information content (AvgIpc) is 2.56. The van der Waals surface area contributed by atoms with Crippen molar-refractivity contribution < 1.29 is 4.74 Å². The molecule has 2 aliphatic carbocycles. The third-order valence-corrected chi connectivity index (χ3v) is 5.41. The second kappa shape index (κ2) is 6.71. The van der Waals surface area contributed by atoms with Crippen LogP contribution in [0.2, 0.25) is 0 Å². The molecule has 0 amide bonds. The van der Waals surface area contributed by atoms with Gasteiger partial charge in [-0.15, -0.1) is 0 Å². The normalized spacial score (nSPS) is 30.5. The molecular formula is C16H26N4O. The predicted octanol–water partition coefficient (Wildman–Crippen LogP) is 2.60. The van der Waals surface area contributed by atoms with Gasteiger partial charge in [-0.1, -0.05) is 25.7 Å². The molecule has 0 aromatic carbocycles. The Kier molecular flexibility index (Phi) is 4.70. The van der Waals surface area contributed by atoms with Crippen molar-refractivity contribution in [3.8, 4) is 5.88 Å². The Morgan fingerprint density at radius 2 is 1.90 bits per heavy atom. The van der Waals surface area contributed by atoms with Crippen LogP contribution in [0.15, 0.2) is 12.4 Å². The lowest BCUT2D eigenvalue weighted by Crippen LogP contribution is -2.39. The summed E-state index contributed by atoms with van der Waals surface area (Å²) in [4.78, 5) is 8.73. The van der Waals surface area contributed by atoms with Crippen LogP contribution in [-0.4, -0.2) is 17.1 Å². The van der Waals surface area contributed by atoms with E-state index in [9.17, 15) is 0 Å². The molecule has 1 aromatic heterocycles. The largest absolute Gasteiger partial charge is 0.480 e. The Bertz CT molecular complexity index is 467. The average molecular weight is 290 g/mol. The Morgan fingerprint density at radius 1 is 1.14 bits per heavy atom. The van der Waals surface area contributed by atoms with Crippen LogP contribution < -0.4 is 16.0 Å². The number of fused-ring (bicyclic) bond motifs is 1. The van der Waals surface area contributed by atoms with Crippen molar-refractivity contribution in [3.05, 3.63) is 18.1 Å². The number of nitrogens with one attached hydrogen (secondary N) is 1. The van der Waals surface area contributed by atoms with Gasteiger partial charge in [0.2, 0.25) is 5.88 Å². The monoisotopic (exact) mass is 290 g/mol. The number of nitrogens with two attached hydrogens (primary N) is 1. The van der Waals surface area contributed by atoms with E-state index >= 15 is 0 Å². The molecular weight excluding hydrogens is 264 g/mol. The van der Waals surface area contributed by atoms with Gasteiger partial charge >= 0.3 is 0 Å². The smallest absolute Gasteiger partial charge is 0.237 e. The Hall–Kier alpha value is -1.20. The molecule has 0 radical (unpaired) electrons. The summed E-state index contributed by atoms with van der Waals surface area (Å²) < 4.78 is 5.36. The third-order valence-electron chi connectivity index (χ3n) is 5.41. The van der Waals surface area contributed by atoms with Crippen molar-refractivity contribution in [2.75, 3.05) is 7.11 Å². The maximum atomic E-state index is 5.85. The first-order chi connectivity index (χ1) is 10.3. The summed E-state index contributed by atoms with van der Waals surface area (Å²) in [5.41, 5.74) is 3.82. The Balaban J connectivity index is 1.77. The lowest BCUT2D eigenvalue weighted by Gasteiger charge is -2.41. The standard InChI is InChI=1S/C16H26N4O/c1-21-16-15(18-8-9-19-16)14(20-17)13-7-6-11-4-2-3-5-12(11)10-13/h8-9,11-14,20H,2-7,10,17H2,1H3. The Labute approximate surface area is 126 Å². The summed E-state index contributed by atoms with van der Waals surface area (Å²) in [6.45, 7) is 0. The fourth-order valence-electron chi connectivity index (χ4n) is 4.36. The highest BCUT2D eigenvalue weighted by atomic mass is 16.5. The van der Waals surface area contributed by atoms with E-state index in [1.165, 1.54) is 44.9 Å². The molecule has 0 spiro atoms. The van der Waals surface area contributed by atoms with E-state index in [-0.39, 0.29) is 6.04 Å². The van der Waals surface area contributed by atoms with Crippen LogP contribution in [-0.2, 0) is 0 Å². The number of rotatable bonds is 4. The summed E-state index contributed by atoms with van der Waals surface area (Å²) in [6.07, 6.45) is 12.8. The highest BCUT2D eigenvalue weighted by Crippen LogP contribution is 2.46. The predicted molar refractivity (Wildman–Crippen MR) is 81.4 cm³/mol. The molecule has 116 valence electrons. The maximum Gasteiger partial charge on any atom is 0.237 e. The molecule has 3 rings (SSSR count). The highest BCUT2D eigenvalue weighted by Gasteiger charge is 2.37. The molecule has 5 heteroatoms. The van der Waals surface area contributed by atoms with Gasteiger partial charge in [0.1, 0.15) is 5.69 Å². The van der Waals surface area contributed by atoms with E-state index in [0.29, 0.717) is 11.8 Å². The lowest BCUT2D eigenvalue weighted by atomic mass is 9.66. The number of methoxy groups -OCH3 is 1. The molecule has 21 heavy (non-hydrogen) atoms. The van der Waals surface area contributed by atoms with Crippen molar-refractivity contribution in [2.45, 2.75) is 51.0 Å². The van der Waals surface area contributed by atoms with E-state index in [4.69, 9.17) is 10.6 Å². The van der Waals surface area contributed by atoms with E-state index in [1.807, 2.05) is 0 Å². The summed E-state index contributed by atoms with van der Waals surface area (Å²) in [5, 5.41) is 0. The van der Waals surface area contributed by atoms with Crippen molar-refractivity contribution in [1.82, 2.24) is 15.4 Å². The quantitative estimate of drug-likeness (QED) is 0.658. The van der Waals surface area contributed by atoms with Crippen LogP contribution in [0, 0.1) is 17.8 Å². The second-order valence-corrected chi connectivity index (χ2v) is 6.47.